The number of benzene rings is 2. The highest BCUT2D eigenvalue weighted by molar-refractivity contribution is 6.00. The number of carbonyl (C=O) groups is 1. The predicted octanol–water partition coefficient (Wildman–Crippen LogP) is 4.61. The molecule has 1 heterocycles. The highest BCUT2D eigenvalue weighted by atomic mass is 16.5. The molecule has 0 bridgehead atoms. The van der Waals surface area contributed by atoms with Gasteiger partial charge in [0.2, 0.25) is 0 Å². The summed E-state index contributed by atoms with van der Waals surface area (Å²) < 4.78 is 5.86. The van der Waals surface area contributed by atoms with Gasteiger partial charge in [0.05, 0.1) is 6.10 Å². The Bertz CT molecular complexity index is 586. The lowest BCUT2D eigenvalue weighted by Crippen LogP contribution is -2.25. The van der Waals surface area contributed by atoms with Crippen LogP contribution >= 0.6 is 0 Å². The Hall–Kier alpha value is -1.93. The smallest absolute Gasteiger partial charge is 0.170 e. The van der Waals surface area contributed by atoms with E-state index >= 15 is 0 Å². The minimum absolute atomic E-state index is 0.119. The fraction of sp³-hybridized carbons (Fsp3) is 0.350. The zero-order valence-corrected chi connectivity index (χ0v) is 12.8. The largest absolute Gasteiger partial charge is 0.378 e. The maximum absolute atomic E-state index is 13.0. The maximum atomic E-state index is 13.0. The first-order chi connectivity index (χ1) is 10.8. The van der Waals surface area contributed by atoms with Crippen LogP contribution in [-0.2, 0) is 4.74 Å². The molecule has 2 heteroatoms. The third kappa shape index (κ3) is 3.63. The standard InChI is InChI=1S/C20H22O2/c21-20(17-11-5-2-6-12-17)19(16-9-3-1-4-10-16)15-18-13-7-8-14-22-18/h1-6,9-12,18-19H,7-8,13-15H2. The predicted molar refractivity (Wildman–Crippen MR) is 88.2 cm³/mol. The van der Waals surface area contributed by atoms with E-state index in [0.29, 0.717) is 0 Å². The van der Waals surface area contributed by atoms with Crippen LogP contribution in [-0.4, -0.2) is 18.5 Å². The van der Waals surface area contributed by atoms with Crippen molar-refractivity contribution in [3.63, 3.8) is 0 Å². The molecule has 2 nitrogen and oxygen atoms in total. The van der Waals surface area contributed by atoms with Gasteiger partial charge in [-0.3, -0.25) is 4.79 Å². The first-order valence-corrected chi connectivity index (χ1v) is 8.10. The highest BCUT2D eigenvalue weighted by Gasteiger charge is 2.27. The van der Waals surface area contributed by atoms with Crippen LogP contribution in [0.3, 0.4) is 0 Å². The van der Waals surface area contributed by atoms with Gasteiger partial charge in [-0.2, -0.15) is 0 Å². The van der Waals surface area contributed by atoms with Gasteiger partial charge in [0, 0.05) is 18.1 Å². The van der Waals surface area contributed by atoms with E-state index in [9.17, 15) is 4.79 Å². The topological polar surface area (TPSA) is 26.3 Å². The van der Waals surface area contributed by atoms with Crippen LogP contribution in [0.5, 0.6) is 0 Å². The fourth-order valence-electron chi connectivity index (χ4n) is 3.14. The van der Waals surface area contributed by atoms with E-state index in [4.69, 9.17) is 4.74 Å². The molecule has 0 amide bonds. The van der Waals surface area contributed by atoms with E-state index in [1.807, 2.05) is 60.7 Å². The summed E-state index contributed by atoms with van der Waals surface area (Å²) in [6.45, 7) is 0.825. The summed E-state index contributed by atoms with van der Waals surface area (Å²) in [7, 11) is 0. The number of carbonyl (C=O) groups excluding carboxylic acids is 1. The van der Waals surface area contributed by atoms with Crippen molar-refractivity contribution >= 4 is 5.78 Å². The molecule has 1 fully saturated rings. The van der Waals surface area contributed by atoms with Crippen molar-refractivity contribution in [3.8, 4) is 0 Å². The van der Waals surface area contributed by atoms with E-state index in [-0.39, 0.29) is 17.8 Å². The second-order valence-electron chi connectivity index (χ2n) is 5.92. The number of hydrogen-bond donors (Lipinski definition) is 0. The van der Waals surface area contributed by atoms with Gasteiger partial charge in [-0.1, -0.05) is 60.7 Å². The Kier molecular flexibility index (Phi) is 5.02. The molecule has 0 aliphatic carbocycles. The minimum atomic E-state index is -0.119. The maximum Gasteiger partial charge on any atom is 0.170 e. The van der Waals surface area contributed by atoms with E-state index in [2.05, 4.69) is 0 Å². The molecule has 0 radical (unpaired) electrons. The summed E-state index contributed by atoms with van der Waals surface area (Å²) in [5.74, 6) is 0.0765. The highest BCUT2D eigenvalue weighted by Crippen LogP contribution is 2.29. The average molecular weight is 294 g/mol. The van der Waals surface area contributed by atoms with Crippen LogP contribution < -0.4 is 0 Å². The SMILES string of the molecule is O=C(c1ccccc1)C(CC1CCCCO1)c1ccccc1. The van der Waals surface area contributed by atoms with E-state index < -0.39 is 0 Å². The Morgan fingerprint density at radius 2 is 1.68 bits per heavy atom. The van der Waals surface area contributed by atoms with Gasteiger partial charge in [-0.05, 0) is 31.2 Å². The van der Waals surface area contributed by atoms with Crippen molar-refractivity contribution in [2.45, 2.75) is 37.7 Å². The van der Waals surface area contributed by atoms with Crippen LogP contribution in [0.25, 0.3) is 0 Å². The lowest BCUT2D eigenvalue weighted by atomic mass is 9.85. The number of ether oxygens (including phenoxy) is 1. The Morgan fingerprint density at radius 3 is 2.32 bits per heavy atom. The summed E-state index contributed by atoms with van der Waals surface area (Å²) >= 11 is 0. The second kappa shape index (κ2) is 7.37. The molecular formula is C20H22O2. The summed E-state index contributed by atoms with van der Waals surface area (Å²) in [5, 5.41) is 0. The summed E-state index contributed by atoms with van der Waals surface area (Å²) in [5.41, 5.74) is 1.87. The van der Waals surface area contributed by atoms with E-state index in [0.717, 1.165) is 37.0 Å². The van der Waals surface area contributed by atoms with Gasteiger partial charge in [-0.15, -0.1) is 0 Å². The molecule has 2 aromatic carbocycles. The average Bonchev–Trinajstić information content (AvgIpc) is 2.61. The molecule has 0 saturated carbocycles. The van der Waals surface area contributed by atoms with Crippen LogP contribution in [0.2, 0.25) is 0 Å². The third-order valence-electron chi connectivity index (χ3n) is 4.35. The molecule has 0 aromatic heterocycles. The number of ketones is 1. The van der Waals surface area contributed by atoms with Gasteiger partial charge in [0.25, 0.3) is 0 Å². The lowest BCUT2D eigenvalue weighted by molar-refractivity contribution is 0.00741. The zero-order valence-electron chi connectivity index (χ0n) is 12.8. The van der Waals surface area contributed by atoms with Gasteiger partial charge in [0.1, 0.15) is 0 Å². The van der Waals surface area contributed by atoms with Crippen LogP contribution in [0.15, 0.2) is 60.7 Å². The number of Topliss-reactive ketones (excluding diaryl/α,β-unsaturated/α-hetero) is 1. The van der Waals surface area contributed by atoms with Crippen molar-refractivity contribution in [1.82, 2.24) is 0 Å². The van der Waals surface area contributed by atoms with Crippen LogP contribution in [0.4, 0.5) is 0 Å². The van der Waals surface area contributed by atoms with E-state index in [1.54, 1.807) is 0 Å². The van der Waals surface area contributed by atoms with E-state index in [1.165, 1.54) is 6.42 Å². The molecule has 1 saturated heterocycles. The van der Waals surface area contributed by atoms with Gasteiger partial charge < -0.3 is 4.74 Å². The van der Waals surface area contributed by atoms with Crippen LogP contribution in [0, 0.1) is 0 Å². The molecule has 2 atom stereocenters. The summed E-state index contributed by atoms with van der Waals surface area (Å²) in [6.07, 6.45) is 4.38. The van der Waals surface area contributed by atoms with Gasteiger partial charge in [-0.25, -0.2) is 0 Å². The van der Waals surface area contributed by atoms with Crippen molar-refractivity contribution < 1.29 is 9.53 Å². The molecule has 1 aliphatic heterocycles. The lowest BCUT2D eigenvalue weighted by Gasteiger charge is -2.26. The van der Waals surface area contributed by atoms with Gasteiger partial charge in [0.15, 0.2) is 5.78 Å². The Labute approximate surface area is 132 Å². The second-order valence-corrected chi connectivity index (χ2v) is 5.92. The van der Waals surface area contributed by atoms with Gasteiger partial charge >= 0.3 is 0 Å². The van der Waals surface area contributed by atoms with Crippen molar-refractivity contribution in [3.05, 3.63) is 71.8 Å². The zero-order chi connectivity index (χ0) is 15.2. The number of rotatable bonds is 5. The van der Waals surface area contributed by atoms with Crippen molar-refractivity contribution in [2.75, 3.05) is 6.61 Å². The summed E-state index contributed by atoms with van der Waals surface area (Å²) in [6, 6.07) is 19.7. The quantitative estimate of drug-likeness (QED) is 0.753. The van der Waals surface area contributed by atoms with Crippen molar-refractivity contribution in [2.24, 2.45) is 0 Å². The molecule has 3 rings (SSSR count). The van der Waals surface area contributed by atoms with Crippen molar-refractivity contribution in [1.29, 1.82) is 0 Å². The molecule has 22 heavy (non-hydrogen) atoms. The van der Waals surface area contributed by atoms with Crippen LogP contribution in [0.1, 0.15) is 47.5 Å². The monoisotopic (exact) mass is 294 g/mol. The Morgan fingerprint density at radius 1 is 1.00 bits per heavy atom. The summed E-state index contributed by atoms with van der Waals surface area (Å²) in [4.78, 5) is 13.0. The molecule has 114 valence electrons. The molecule has 1 aliphatic rings. The minimum Gasteiger partial charge on any atom is -0.378 e. The first-order valence-electron chi connectivity index (χ1n) is 8.10. The third-order valence-corrected chi connectivity index (χ3v) is 4.35. The Balaban J connectivity index is 1.84. The molecule has 2 unspecified atom stereocenters. The number of hydrogen-bond acceptors (Lipinski definition) is 2. The molecule has 0 spiro atoms. The fourth-order valence-corrected chi connectivity index (χ4v) is 3.14. The molecule has 2 aromatic rings. The normalized spacial score (nSPS) is 19.5. The molecular weight excluding hydrogens is 272 g/mol. The molecule has 0 N–H and O–H groups in total. The first kappa shape index (κ1) is 15.0.